The number of anilines is 3. The van der Waals surface area contributed by atoms with Crippen LogP contribution in [0.1, 0.15) is 206 Å². The third kappa shape index (κ3) is 39.2. The Morgan fingerprint density at radius 2 is 0.921 bits per heavy atom. The first-order chi connectivity index (χ1) is 59.0. The standard InChI is InChI=1S/C25H39N7O5.C25H34N4O6.C19H28N2O5.C17H18N6O5/c1-25(2,3)37-24(36)29-17-13-19(31(6)15-17)20(33)14-18-16-32(7)22(28-18)23(35)27-11-9-21(34)26-10-8-12-30(4)5;1-6-26-21(31)14-17-10-12-18(13-11-17)16-34-22(32)9-7-8-19(30)23-27-20(15-29(23)5)28-24(33)35-25(2,3)4;1-5-20-16(22)12-14-6-8-15(9-7-14)13-25-17(23)10-11-21-18(24)26-19(2,3)4;1-17(2,3)27-16(26)19-12-9-22(4)13(18-12)15(25)28-23-14(24)10-7-5-6-8-11(10)20-21-23/h13,15-16H,8-12,14H2,1-7H3,(H,26,34)(H,27,35)(H,29,36);10-13,15H,6-9,14,16H2,1-5H3,(H,26,31)(H,28,33);6-9H,5,10-13H2,1-4H3,(H,20,22)(H,21,24);5-9H,1-4H3,(H,19,26). The SMILES string of the molecule is CCNC(=O)Cc1ccc(COC(=O)CCCC(=O)c2nc(NC(=O)OC(C)(C)C)cn2C)cc1.CCNC(=O)Cc1ccc(COC(=O)CCNC(=O)OC(C)(C)C)cc1.CN(C)CCCNC(=O)CCNC(=O)c1nc(CC(=O)c2cc(NC(=O)OC(C)(C)C)cn2C)cn1C.Cn1cc(NC(=O)OC(C)(C)C)nc1C(=O)On1nnc2ccccc2c1=O. The summed E-state index contributed by atoms with van der Waals surface area (Å²) in [5, 5.41) is 28.7. The Labute approximate surface area is 730 Å². The van der Waals surface area contributed by atoms with Crippen LogP contribution in [-0.2, 0) is 113 Å². The van der Waals surface area contributed by atoms with Crippen LogP contribution in [0.4, 0.5) is 36.5 Å². The maximum absolute atomic E-state index is 12.9. The van der Waals surface area contributed by atoms with Crippen molar-refractivity contribution in [2.45, 2.75) is 190 Å². The van der Waals surface area contributed by atoms with Crippen molar-refractivity contribution in [1.82, 2.24) is 79.9 Å². The number of rotatable bonds is 34. The number of fused-ring (bicyclic) bond motifs is 1. The van der Waals surface area contributed by atoms with Crippen LogP contribution in [0.3, 0.4) is 0 Å². The highest BCUT2D eigenvalue weighted by atomic mass is 16.7. The Balaban J connectivity index is 0.000000301. The molecule has 0 saturated carbocycles. The number of ketones is 2. The summed E-state index contributed by atoms with van der Waals surface area (Å²) in [5.74, 6) is -2.41. The van der Waals surface area contributed by atoms with E-state index in [0.29, 0.717) is 66.3 Å². The molecule has 0 fully saturated rings. The summed E-state index contributed by atoms with van der Waals surface area (Å²) in [7, 11) is 10.5. The minimum absolute atomic E-state index is 0.0239. The van der Waals surface area contributed by atoms with E-state index >= 15 is 0 Å². The first-order valence-corrected chi connectivity index (χ1v) is 40.6. The van der Waals surface area contributed by atoms with Gasteiger partial charge in [0.05, 0.1) is 48.1 Å². The molecule has 8 rings (SSSR count). The number of nitrogens with one attached hydrogen (secondary N) is 8. The summed E-state index contributed by atoms with van der Waals surface area (Å²) in [6, 6.07) is 22.7. The van der Waals surface area contributed by atoms with Crippen LogP contribution in [0.2, 0.25) is 0 Å². The van der Waals surface area contributed by atoms with Gasteiger partial charge in [-0.15, -0.1) is 5.10 Å². The number of ether oxygens (including phenoxy) is 6. The molecule has 8 aromatic rings. The molecule has 40 nitrogen and oxygen atoms in total. The van der Waals surface area contributed by atoms with Crippen molar-refractivity contribution in [3.63, 3.8) is 0 Å². The van der Waals surface area contributed by atoms with Crippen molar-refractivity contribution in [2.75, 3.05) is 69.3 Å². The fourth-order valence-electron chi connectivity index (χ4n) is 10.9. The Bertz CT molecular complexity index is 5110. The summed E-state index contributed by atoms with van der Waals surface area (Å²) in [5.41, 5.74) is 1.84. The molecule has 0 aliphatic carbocycles. The maximum atomic E-state index is 12.9. The number of hydrogen-bond acceptors (Lipinski definition) is 27. The van der Waals surface area contributed by atoms with E-state index in [0.717, 1.165) is 35.2 Å². The lowest BCUT2D eigenvalue weighted by Gasteiger charge is -2.19. The molecule has 5 heterocycles. The quantitative estimate of drug-likeness (QED) is 0.00614. The van der Waals surface area contributed by atoms with Gasteiger partial charge in [-0.25, -0.2) is 38.9 Å². The molecule has 0 aliphatic rings. The molecule has 0 atom stereocenters. The second kappa shape index (κ2) is 49.0. The van der Waals surface area contributed by atoms with Crippen LogP contribution in [0.15, 0.2) is 108 Å². The predicted molar refractivity (Wildman–Crippen MR) is 465 cm³/mol. The van der Waals surface area contributed by atoms with E-state index in [1.165, 1.54) is 28.6 Å². The van der Waals surface area contributed by atoms with Crippen molar-refractivity contribution in [3.8, 4) is 0 Å². The van der Waals surface area contributed by atoms with Gasteiger partial charge in [-0.2, -0.15) is 0 Å². The number of hydrogen-bond donors (Lipinski definition) is 8. The number of alkyl carbamates (subject to hydrolysis) is 1. The van der Waals surface area contributed by atoms with Gasteiger partial charge in [0, 0.05) is 105 Å². The van der Waals surface area contributed by atoms with Crippen LogP contribution in [-0.4, -0.2) is 207 Å². The molecular formula is C86H119N19O21. The number of amides is 8. The average molecular weight is 1760 g/mol. The number of carbonyl (C=O) groups excluding carboxylic acids is 13. The summed E-state index contributed by atoms with van der Waals surface area (Å²) in [6.07, 6.45) is 5.79. The van der Waals surface area contributed by atoms with Crippen LogP contribution in [0.25, 0.3) is 10.9 Å². The third-order valence-electron chi connectivity index (χ3n) is 16.4. The second-order valence-corrected chi connectivity index (χ2v) is 32.8. The van der Waals surface area contributed by atoms with Gasteiger partial charge in [-0.1, -0.05) is 60.7 Å². The van der Waals surface area contributed by atoms with E-state index in [1.54, 1.807) is 156 Å². The van der Waals surface area contributed by atoms with E-state index in [-0.39, 0.29) is 122 Å². The highest BCUT2D eigenvalue weighted by molar-refractivity contribution is 5.99. The van der Waals surface area contributed by atoms with E-state index in [4.69, 9.17) is 33.3 Å². The third-order valence-corrected chi connectivity index (χ3v) is 16.4. The zero-order valence-electron chi connectivity index (χ0n) is 75.3. The molecule has 8 N–H and O–H groups in total. The van der Waals surface area contributed by atoms with Gasteiger partial charge in [-0.05, 0) is 181 Å². The Morgan fingerprint density at radius 3 is 1.44 bits per heavy atom. The lowest BCUT2D eigenvalue weighted by Crippen LogP contribution is -2.34. The Kier molecular flexibility index (Phi) is 40.0. The summed E-state index contributed by atoms with van der Waals surface area (Å²) < 4.78 is 37.0. The van der Waals surface area contributed by atoms with Gasteiger partial charge in [-0.3, -0.25) is 59.1 Å². The number of Topliss-reactive ketones (excluding diaryl/α,β-unsaturated/α-hetero) is 2. The number of aryl methyl sites for hydroxylation is 4. The molecule has 3 aromatic carbocycles. The number of likely N-dealkylation sites (N-methyl/N-ethyl adjacent to an activating group) is 2. The fourth-order valence-corrected chi connectivity index (χ4v) is 10.9. The minimum Gasteiger partial charge on any atom is -0.461 e. The van der Waals surface area contributed by atoms with Crippen LogP contribution in [0.5, 0.6) is 0 Å². The molecule has 0 radical (unpaired) electrons. The van der Waals surface area contributed by atoms with E-state index in [9.17, 15) is 67.1 Å². The van der Waals surface area contributed by atoms with E-state index in [2.05, 4.69) is 67.8 Å². The number of imidazole rings is 3. The molecule has 0 saturated heterocycles. The molecule has 8 amide bonds. The van der Waals surface area contributed by atoms with Crippen molar-refractivity contribution < 1.29 is 95.6 Å². The van der Waals surface area contributed by atoms with E-state index in [1.807, 2.05) is 81.4 Å². The lowest BCUT2D eigenvalue weighted by atomic mass is 10.1. The highest BCUT2D eigenvalue weighted by Crippen LogP contribution is 2.21. The molecule has 0 aliphatic heterocycles. The summed E-state index contributed by atoms with van der Waals surface area (Å²) >= 11 is 0. The zero-order chi connectivity index (χ0) is 93.8. The van der Waals surface area contributed by atoms with Crippen molar-refractivity contribution in [3.05, 3.63) is 165 Å². The van der Waals surface area contributed by atoms with Gasteiger partial charge in [0.1, 0.15) is 41.1 Å². The summed E-state index contributed by atoms with van der Waals surface area (Å²) in [6.45, 7) is 28.0. The van der Waals surface area contributed by atoms with Crippen molar-refractivity contribution in [2.24, 2.45) is 28.2 Å². The van der Waals surface area contributed by atoms with Crippen LogP contribution in [0, 0.1) is 0 Å². The lowest BCUT2D eigenvalue weighted by molar-refractivity contribution is -0.145. The predicted octanol–water partition coefficient (Wildman–Crippen LogP) is 8.73. The first-order valence-electron chi connectivity index (χ1n) is 40.6. The van der Waals surface area contributed by atoms with Gasteiger partial charge in [0.2, 0.25) is 23.5 Å². The molecule has 5 aromatic heterocycles. The Morgan fingerprint density at radius 1 is 0.444 bits per heavy atom. The number of carbonyl (C=O) groups is 13. The molecular weight excluding hydrogens is 1640 g/mol. The number of esters is 2. The van der Waals surface area contributed by atoms with Gasteiger partial charge >= 0.3 is 47.8 Å². The fraction of sp³-hybridized carbons (Fsp3) is 0.477. The second-order valence-electron chi connectivity index (χ2n) is 32.8. The molecule has 0 unspecified atom stereocenters. The normalized spacial score (nSPS) is 11.1. The molecule has 40 heteroatoms. The average Bonchev–Trinajstić information content (AvgIpc) is 1.02. The number of nitrogens with zero attached hydrogens (tertiary/aromatic N) is 11. The number of aromatic nitrogens is 10. The first kappa shape index (κ1) is 103. The van der Waals surface area contributed by atoms with Gasteiger partial charge in [0.15, 0.2) is 34.9 Å². The Hall–Kier alpha value is -13.7. The van der Waals surface area contributed by atoms with Crippen molar-refractivity contribution in [1.29, 1.82) is 0 Å². The van der Waals surface area contributed by atoms with Crippen molar-refractivity contribution >= 4 is 106 Å². The monoisotopic (exact) mass is 1750 g/mol. The van der Waals surface area contributed by atoms with Crippen LogP contribution < -0.4 is 52.9 Å². The zero-order valence-corrected chi connectivity index (χ0v) is 75.3. The number of benzene rings is 3. The van der Waals surface area contributed by atoms with E-state index < -0.39 is 76.2 Å². The highest BCUT2D eigenvalue weighted by Gasteiger charge is 2.26. The molecule has 0 bridgehead atoms. The largest absolute Gasteiger partial charge is 0.461 e. The molecule has 0 spiro atoms. The topological polar surface area (TPSA) is 492 Å². The van der Waals surface area contributed by atoms with Gasteiger partial charge < -0.3 is 83.0 Å². The van der Waals surface area contributed by atoms with Gasteiger partial charge in [0.25, 0.3) is 5.91 Å². The molecule has 126 heavy (non-hydrogen) atoms. The summed E-state index contributed by atoms with van der Waals surface area (Å²) in [4.78, 5) is 189. The minimum atomic E-state index is -0.952. The molecule has 684 valence electrons. The maximum Gasteiger partial charge on any atom is 0.413 e. The smallest absolute Gasteiger partial charge is 0.413 e. The van der Waals surface area contributed by atoms with Crippen LogP contribution >= 0.6 is 0 Å².